The van der Waals surface area contributed by atoms with Gasteiger partial charge in [-0.1, -0.05) is 0 Å². The second kappa shape index (κ2) is 6.11. The molecule has 0 aromatic rings. The van der Waals surface area contributed by atoms with E-state index in [0.29, 0.717) is 0 Å². The topological polar surface area (TPSA) is 99.4 Å². The third-order valence-electron chi connectivity index (χ3n) is 2.07. The lowest BCUT2D eigenvalue weighted by Crippen LogP contribution is -2.58. The highest BCUT2D eigenvalue weighted by molar-refractivity contribution is 8.41. The minimum Gasteiger partial charge on any atom is -0.492 e. The molecule has 90 valence electrons. The Kier molecular flexibility index (Phi) is 5.75. The van der Waals surface area contributed by atoms with Crippen LogP contribution in [0.25, 0.3) is 0 Å². The van der Waals surface area contributed by atoms with Crippen molar-refractivity contribution in [3.05, 3.63) is 0 Å². The molecule has 4 N–H and O–H groups in total. The van der Waals surface area contributed by atoms with Gasteiger partial charge in [-0.3, -0.25) is 0 Å². The van der Waals surface area contributed by atoms with Crippen molar-refractivity contribution < 1.29 is 29.7 Å². The Morgan fingerprint density at radius 1 is 1.27 bits per heavy atom. The van der Waals surface area contributed by atoms with Crippen molar-refractivity contribution in [2.45, 2.75) is 30.7 Å². The van der Waals surface area contributed by atoms with Gasteiger partial charge in [0.2, 0.25) is 0 Å². The summed E-state index contributed by atoms with van der Waals surface area (Å²) in [5.41, 5.74) is 0. The molecule has 0 aromatic carbocycles. The summed E-state index contributed by atoms with van der Waals surface area (Å²) < 4.78 is 10.2. The number of aliphatic hydroxyl groups is 4. The molecule has 1 fully saturated rings. The van der Waals surface area contributed by atoms with E-state index in [9.17, 15) is 15.3 Å². The van der Waals surface area contributed by atoms with E-state index in [-0.39, 0.29) is 0 Å². The van der Waals surface area contributed by atoms with Gasteiger partial charge in [-0.25, -0.2) is 0 Å². The van der Waals surface area contributed by atoms with Gasteiger partial charge in [0, 0.05) is 0 Å². The van der Waals surface area contributed by atoms with Gasteiger partial charge in [0.15, 0.2) is 6.29 Å². The first kappa shape index (κ1) is 14.1. The lowest BCUT2D eigenvalue weighted by atomic mass is 10.00. The minimum absolute atomic E-state index is 0.457. The van der Waals surface area contributed by atoms with Gasteiger partial charge in [-0.2, -0.15) is 0 Å². The zero-order valence-electron chi connectivity index (χ0n) is 7.72. The molecule has 0 aromatic heterocycles. The average Bonchev–Trinajstić information content (AvgIpc) is 2.18. The van der Waals surface area contributed by atoms with Crippen LogP contribution in [0.2, 0.25) is 0 Å². The summed E-state index contributed by atoms with van der Waals surface area (Å²) in [4.78, 5) is 0. The highest BCUT2D eigenvalue weighted by Crippen LogP contribution is 2.55. The molecule has 0 spiro atoms. The Morgan fingerprint density at radius 3 is 2.33 bits per heavy atom. The molecule has 7 atom stereocenters. The number of ether oxygens (including phenoxy) is 1. The lowest BCUT2D eigenvalue weighted by molar-refractivity contribution is -0.275. The lowest BCUT2D eigenvalue weighted by Gasteiger charge is -2.41. The maximum absolute atomic E-state index is 9.51. The van der Waals surface area contributed by atoms with Crippen LogP contribution in [0.3, 0.4) is 0 Å². The molecule has 1 aliphatic heterocycles. The van der Waals surface area contributed by atoms with Crippen molar-refractivity contribution in [3.63, 3.8) is 0 Å². The van der Waals surface area contributed by atoms with Gasteiger partial charge in [-0.05, 0) is 0 Å². The highest BCUT2D eigenvalue weighted by Gasteiger charge is 2.43. The smallest absolute Gasteiger partial charge is 0.187 e. The summed E-state index contributed by atoms with van der Waals surface area (Å²) in [6, 6.07) is 0. The molecule has 0 aliphatic carbocycles. The third-order valence-corrected chi connectivity index (χ3v) is 3.18. The first-order valence-electron chi connectivity index (χ1n) is 4.20. The molecule has 0 amide bonds. The molecule has 1 saturated heterocycles. The van der Waals surface area contributed by atoms with Gasteiger partial charge in [0.05, 0.1) is 6.61 Å². The second-order valence-corrected chi connectivity index (χ2v) is 8.27. The first-order valence-corrected chi connectivity index (χ1v) is 8.42. The molecule has 5 unspecified atom stereocenters. The second-order valence-electron chi connectivity index (χ2n) is 3.13. The normalized spacial score (nSPS) is 44.0. The van der Waals surface area contributed by atoms with Crippen LogP contribution in [-0.2, 0) is 9.26 Å². The number of hydrogen-bond donors (Lipinski definition) is 4. The fraction of sp³-hybridized carbons (Fsp3) is 1.00. The van der Waals surface area contributed by atoms with Crippen LogP contribution in [0, 0.1) is 0 Å². The maximum Gasteiger partial charge on any atom is 0.187 e. The van der Waals surface area contributed by atoms with Crippen LogP contribution in [-0.4, -0.2) is 57.7 Å². The zero-order valence-corrected chi connectivity index (χ0v) is 10.8. The summed E-state index contributed by atoms with van der Waals surface area (Å²) in [5, 5.41) is 37.2. The van der Waals surface area contributed by atoms with Crippen LogP contribution in [0.1, 0.15) is 0 Å². The van der Waals surface area contributed by atoms with Crippen molar-refractivity contribution in [1.29, 1.82) is 0 Å². The van der Waals surface area contributed by atoms with Gasteiger partial charge in [0.25, 0.3) is 0 Å². The molecule has 9 heteroatoms. The van der Waals surface area contributed by atoms with Crippen LogP contribution < -0.4 is 0 Å². The number of aliphatic hydroxyl groups excluding tert-OH is 4. The molecule has 15 heavy (non-hydrogen) atoms. The molecule has 6 nitrogen and oxygen atoms in total. The van der Waals surface area contributed by atoms with Gasteiger partial charge >= 0.3 is 0 Å². The summed E-state index contributed by atoms with van der Waals surface area (Å²) in [7, 11) is 4.45. The van der Waals surface area contributed by atoms with Gasteiger partial charge < -0.3 is 38.6 Å². The predicted octanol–water partition coefficient (Wildman–Crippen LogP) is -0.952. The Morgan fingerprint density at radius 2 is 1.87 bits per heavy atom. The molecular weight excluding hydrogens is 261 g/mol. The van der Waals surface area contributed by atoms with Crippen LogP contribution in [0.15, 0.2) is 0 Å². The Labute approximate surface area is 93.0 Å². The average molecular weight is 275 g/mol. The van der Waals surface area contributed by atoms with Crippen molar-refractivity contribution in [3.8, 4) is 0 Å². The van der Waals surface area contributed by atoms with Crippen molar-refractivity contribution in [2.75, 3.05) is 6.61 Å². The Hall–Kier alpha value is 1.05. The van der Waals surface area contributed by atoms with E-state index in [1.165, 1.54) is 0 Å². The van der Waals surface area contributed by atoms with E-state index in [1.807, 2.05) is 0 Å². The summed E-state index contributed by atoms with van der Waals surface area (Å²) in [5.74, 6) is 0. The van der Waals surface area contributed by atoms with Crippen LogP contribution in [0.5, 0.6) is 0 Å². The largest absolute Gasteiger partial charge is 0.492 e. The standard InChI is InChI=1S/C6H14O6P3/c7-1-2-3(8)4(9)5(10)6(11-2)12-15(13)14/h2-10,13H,1,14H2/q-1/t2?,3-,4-,5?,6?,15?/m0/s1. The molecule has 0 bridgehead atoms. The monoisotopic (exact) mass is 275 g/mol. The minimum atomic E-state index is -1.40. The molecular formula is C6H14O6P3-. The van der Waals surface area contributed by atoms with E-state index >= 15 is 0 Å². The zero-order chi connectivity index (χ0) is 11.6. The predicted molar refractivity (Wildman–Crippen MR) is 59.8 cm³/mol. The SMILES string of the molecule is OCC1OC(OP([PH-])P)C(O)[C@@H](O)[C@H]1O. The molecule has 1 heterocycles. The molecule has 1 rings (SSSR count). The van der Waals surface area contributed by atoms with Crippen LogP contribution in [0.4, 0.5) is 0 Å². The third kappa shape index (κ3) is 3.50. The van der Waals surface area contributed by atoms with E-state index < -0.39 is 44.8 Å². The fourth-order valence-electron chi connectivity index (χ4n) is 1.27. The summed E-state index contributed by atoms with van der Waals surface area (Å²) in [6.45, 7) is -0.457. The first-order chi connectivity index (χ1) is 6.97. The van der Waals surface area contributed by atoms with E-state index in [0.717, 1.165) is 0 Å². The van der Waals surface area contributed by atoms with E-state index in [2.05, 4.69) is 17.9 Å². The Bertz CT molecular complexity index is 203. The highest BCUT2D eigenvalue weighted by atomic mass is 32.4. The van der Waals surface area contributed by atoms with Gasteiger partial charge in [0.1, 0.15) is 24.4 Å². The number of hydrogen-bond acceptors (Lipinski definition) is 6. The van der Waals surface area contributed by atoms with Gasteiger partial charge in [-0.15, -0.1) is 16.5 Å². The maximum atomic E-state index is 9.51. The Balaban J connectivity index is 2.65. The quantitative estimate of drug-likeness (QED) is 0.495. The van der Waals surface area contributed by atoms with E-state index in [1.54, 1.807) is 0 Å². The van der Waals surface area contributed by atoms with Crippen molar-refractivity contribution in [1.82, 2.24) is 0 Å². The number of rotatable bonds is 3. The fourth-order valence-corrected chi connectivity index (χ4v) is 2.34. The van der Waals surface area contributed by atoms with Crippen molar-refractivity contribution in [2.24, 2.45) is 0 Å². The summed E-state index contributed by atoms with van der Waals surface area (Å²) >= 11 is 0. The molecule has 1 aliphatic rings. The summed E-state index contributed by atoms with van der Waals surface area (Å²) in [6.07, 6.45) is -6.09. The molecule has 0 radical (unpaired) electrons. The molecule has 0 saturated carbocycles. The van der Waals surface area contributed by atoms with E-state index in [4.69, 9.17) is 14.4 Å². The van der Waals surface area contributed by atoms with Crippen molar-refractivity contribution >= 4 is 25.4 Å². The van der Waals surface area contributed by atoms with Crippen LogP contribution >= 0.6 is 25.4 Å².